The van der Waals surface area contributed by atoms with Gasteiger partial charge in [-0.1, -0.05) is 172 Å². The van der Waals surface area contributed by atoms with Gasteiger partial charge in [0.2, 0.25) is 0 Å². The zero-order chi connectivity index (χ0) is 37.1. The molecule has 0 aromatic carbocycles. The molecule has 0 saturated carbocycles. The SMILES string of the molecule is CCCCCC/C=C\C/C=C\CCCCCCCCCC(=O)OC(CCCCC/C=C\CCCCCCCCCC)CCCCCCCC(=O)O. The van der Waals surface area contributed by atoms with Gasteiger partial charge in [-0.15, -0.1) is 0 Å². The van der Waals surface area contributed by atoms with Crippen molar-refractivity contribution >= 4 is 11.9 Å². The number of ether oxygens (including phenoxy) is 1. The molecular weight excluding hydrogens is 629 g/mol. The van der Waals surface area contributed by atoms with Crippen LogP contribution < -0.4 is 0 Å². The van der Waals surface area contributed by atoms with Gasteiger partial charge in [0, 0.05) is 12.8 Å². The molecule has 0 radical (unpaired) electrons. The van der Waals surface area contributed by atoms with E-state index < -0.39 is 5.97 Å². The van der Waals surface area contributed by atoms with Crippen molar-refractivity contribution in [3.63, 3.8) is 0 Å². The molecule has 298 valence electrons. The lowest BCUT2D eigenvalue weighted by Gasteiger charge is -2.18. The number of aliphatic carboxylic acids is 1. The molecule has 1 unspecified atom stereocenters. The monoisotopic (exact) mass is 715 g/mol. The summed E-state index contributed by atoms with van der Waals surface area (Å²) < 4.78 is 6.02. The summed E-state index contributed by atoms with van der Waals surface area (Å²) in [5.74, 6) is -0.713. The van der Waals surface area contributed by atoms with Crippen LogP contribution in [0.15, 0.2) is 36.5 Å². The summed E-state index contributed by atoms with van der Waals surface area (Å²) in [5, 5.41) is 8.85. The number of esters is 1. The van der Waals surface area contributed by atoms with Crippen molar-refractivity contribution in [1.82, 2.24) is 0 Å². The second-order valence-electron chi connectivity index (χ2n) is 15.2. The van der Waals surface area contributed by atoms with Crippen LogP contribution in [0.4, 0.5) is 0 Å². The molecule has 0 aliphatic carbocycles. The van der Waals surface area contributed by atoms with Crippen LogP contribution in [0.5, 0.6) is 0 Å². The summed E-state index contributed by atoms with van der Waals surface area (Å²) in [7, 11) is 0. The first-order valence-electron chi connectivity index (χ1n) is 22.5. The maximum atomic E-state index is 12.7. The van der Waals surface area contributed by atoms with E-state index in [1.54, 1.807) is 0 Å². The molecule has 0 rings (SSSR count). The van der Waals surface area contributed by atoms with Gasteiger partial charge in [0.25, 0.3) is 0 Å². The number of carbonyl (C=O) groups is 2. The number of hydrogen-bond donors (Lipinski definition) is 1. The number of allylic oxidation sites excluding steroid dienone is 6. The smallest absolute Gasteiger partial charge is 0.306 e. The molecule has 0 aliphatic heterocycles. The Morgan fingerprint density at radius 2 is 0.765 bits per heavy atom. The highest BCUT2D eigenvalue weighted by Crippen LogP contribution is 2.19. The fourth-order valence-corrected chi connectivity index (χ4v) is 6.74. The molecule has 0 fully saturated rings. The average Bonchev–Trinajstić information content (AvgIpc) is 3.12. The topological polar surface area (TPSA) is 63.6 Å². The maximum Gasteiger partial charge on any atom is 0.306 e. The summed E-state index contributed by atoms with van der Waals surface area (Å²) in [4.78, 5) is 23.5. The highest BCUT2D eigenvalue weighted by Gasteiger charge is 2.14. The Labute approximate surface area is 318 Å². The third kappa shape index (κ3) is 42.5. The van der Waals surface area contributed by atoms with Crippen LogP contribution in [-0.2, 0) is 14.3 Å². The van der Waals surface area contributed by atoms with Gasteiger partial charge in [-0.2, -0.15) is 0 Å². The minimum absolute atomic E-state index is 0.0107. The predicted molar refractivity (Wildman–Crippen MR) is 222 cm³/mol. The molecule has 1 atom stereocenters. The molecular formula is C47H86O4. The van der Waals surface area contributed by atoms with Crippen molar-refractivity contribution in [2.45, 2.75) is 251 Å². The Morgan fingerprint density at radius 1 is 0.431 bits per heavy atom. The Bertz CT molecular complexity index is 813. The van der Waals surface area contributed by atoms with Crippen molar-refractivity contribution in [1.29, 1.82) is 0 Å². The third-order valence-electron chi connectivity index (χ3n) is 10.1. The van der Waals surface area contributed by atoms with Crippen molar-refractivity contribution in [2.75, 3.05) is 0 Å². The van der Waals surface area contributed by atoms with E-state index in [-0.39, 0.29) is 18.5 Å². The van der Waals surface area contributed by atoms with Crippen LogP contribution in [0.3, 0.4) is 0 Å². The highest BCUT2D eigenvalue weighted by atomic mass is 16.5. The highest BCUT2D eigenvalue weighted by molar-refractivity contribution is 5.69. The van der Waals surface area contributed by atoms with Crippen LogP contribution in [0.25, 0.3) is 0 Å². The van der Waals surface area contributed by atoms with Gasteiger partial charge < -0.3 is 9.84 Å². The molecule has 0 bridgehead atoms. The molecule has 0 spiro atoms. The Hall–Kier alpha value is -1.84. The van der Waals surface area contributed by atoms with E-state index in [0.717, 1.165) is 77.0 Å². The summed E-state index contributed by atoms with van der Waals surface area (Å²) in [6.45, 7) is 4.54. The molecule has 0 aliphatic rings. The lowest BCUT2D eigenvalue weighted by Crippen LogP contribution is -2.18. The third-order valence-corrected chi connectivity index (χ3v) is 10.1. The van der Waals surface area contributed by atoms with Crippen LogP contribution in [0.1, 0.15) is 245 Å². The Kier molecular flexibility index (Phi) is 41.0. The molecule has 0 heterocycles. The Balaban J connectivity index is 4.04. The molecule has 0 aromatic rings. The standard InChI is InChI=1S/C47H86O4/c1-3-5-7-9-11-13-15-17-19-20-21-23-25-27-29-31-36-40-44-47(50)51-45(42-38-34-32-35-39-43-46(48)49)41-37-33-30-28-26-24-22-18-16-14-12-10-8-6-4-2/h13,15,19-20,24,26,45H,3-12,14,16-18,21-23,25,27-44H2,1-2H3,(H,48,49)/b15-13-,20-19-,26-24-. The van der Waals surface area contributed by atoms with Crippen molar-refractivity contribution in [3.05, 3.63) is 36.5 Å². The van der Waals surface area contributed by atoms with E-state index in [0.29, 0.717) is 6.42 Å². The molecule has 51 heavy (non-hydrogen) atoms. The number of unbranched alkanes of at least 4 members (excludes halogenated alkanes) is 26. The lowest BCUT2D eigenvalue weighted by atomic mass is 10.0. The quantitative estimate of drug-likeness (QED) is 0.0389. The second-order valence-corrected chi connectivity index (χ2v) is 15.2. The fraction of sp³-hybridized carbons (Fsp3) is 0.830. The molecule has 1 N–H and O–H groups in total. The second kappa shape index (κ2) is 42.6. The first-order valence-corrected chi connectivity index (χ1v) is 22.5. The zero-order valence-electron chi connectivity index (χ0n) is 34.2. The number of carboxylic acid groups (broad SMARTS) is 1. The van der Waals surface area contributed by atoms with Crippen LogP contribution in [0, 0.1) is 0 Å². The average molecular weight is 715 g/mol. The van der Waals surface area contributed by atoms with Crippen LogP contribution in [0.2, 0.25) is 0 Å². The van der Waals surface area contributed by atoms with Gasteiger partial charge in [0.05, 0.1) is 0 Å². The van der Waals surface area contributed by atoms with Gasteiger partial charge in [-0.05, 0) is 96.3 Å². The van der Waals surface area contributed by atoms with Gasteiger partial charge in [-0.3, -0.25) is 9.59 Å². The van der Waals surface area contributed by atoms with Crippen molar-refractivity contribution in [2.24, 2.45) is 0 Å². The number of carboxylic acids is 1. The van der Waals surface area contributed by atoms with E-state index in [2.05, 4.69) is 50.3 Å². The summed E-state index contributed by atoms with van der Waals surface area (Å²) >= 11 is 0. The van der Waals surface area contributed by atoms with E-state index in [1.165, 1.54) is 141 Å². The van der Waals surface area contributed by atoms with E-state index in [4.69, 9.17) is 9.84 Å². The summed E-state index contributed by atoms with van der Waals surface area (Å²) in [5.41, 5.74) is 0. The van der Waals surface area contributed by atoms with Crippen LogP contribution in [-0.4, -0.2) is 23.1 Å². The van der Waals surface area contributed by atoms with Gasteiger partial charge in [-0.25, -0.2) is 0 Å². The van der Waals surface area contributed by atoms with Crippen molar-refractivity contribution < 1.29 is 19.4 Å². The summed E-state index contributed by atoms with van der Waals surface area (Å²) in [6, 6.07) is 0. The first-order chi connectivity index (χ1) is 25.1. The van der Waals surface area contributed by atoms with E-state index in [1.807, 2.05) is 0 Å². The molecule has 4 heteroatoms. The molecule has 0 saturated heterocycles. The molecule has 0 amide bonds. The maximum absolute atomic E-state index is 12.7. The van der Waals surface area contributed by atoms with Gasteiger partial charge in [0.1, 0.15) is 6.10 Å². The van der Waals surface area contributed by atoms with Crippen molar-refractivity contribution in [3.8, 4) is 0 Å². The van der Waals surface area contributed by atoms with E-state index in [9.17, 15) is 9.59 Å². The normalized spacial score (nSPS) is 12.5. The van der Waals surface area contributed by atoms with E-state index >= 15 is 0 Å². The predicted octanol–water partition coefficient (Wildman–Crippen LogP) is 15.7. The minimum atomic E-state index is -0.702. The first kappa shape index (κ1) is 49.2. The van der Waals surface area contributed by atoms with Crippen LogP contribution >= 0.6 is 0 Å². The number of carbonyl (C=O) groups excluding carboxylic acids is 1. The Morgan fingerprint density at radius 3 is 1.22 bits per heavy atom. The lowest BCUT2D eigenvalue weighted by molar-refractivity contribution is -0.150. The van der Waals surface area contributed by atoms with Gasteiger partial charge >= 0.3 is 11.9 Å². The molecule has 0 aromatic heterocycles. The fourth-order valence-electron chi connectivity index (χ4n) is 6.74. The zero-order valence-corrected chi connectivity index (χ0v) is 34.2. The summed E-state index contributed by atoms with van der Waals surface area (Å²) in [6.07, 6.45) is 56.0. The number of hydrogen-bond acceptors (Lipinski definition) is 3. The minimum Gasteiger partial charge on any atom is -0.481 e. The van der Waals surface area contributed by atoms with Gasteiger partial charge in [0.15, 0.2) is 0 Å². The molecule has 4 nitrogen and oxygen atoms in total. The number of rotatable bonds is 41. The largest absolute Gasteiger partial charge is 0.481 e.